The zero-order valence-corrected chi connectivity index (χ0v) is 28.1. The molecule has 0 radical (unpaired) electrons. The number of nitrogens with one attached hydrogen (secondary N) is 3. The average Bonchev–Trinajstić information content (AvgIpc) is 3.59. The first-order valence-electron chi connectivity index (χ1n) is 14.9. The van der Waals surface area contributed by atoms with Gasteiger partial charge in [-0.1, -0.05) is 19.1 Å². The van der Waals surface area contributed by atoms with Crippen LogP contribution in [-0.2, 0) is 27.3 Å². The molecule has 1 saturated heterocycles. The summed E-state index contributed by atoms with van der Waals surface area (Å²) in [7, 11) is 0. The van der Waals surface area contributed by atoms with E-state index in [4.69, 9.17) is 35.0 Å². The number of carboxylic acids is 2. The highest BCUT2D eigenvalue weighted by molar-refractivity contribution is 7.99. The van der Waals surface area contributed by atoms with Crippen LogP contribution in [0.4, 0.5) is 37.7 Å². The number of ether oxygens (including phenoxy) is 2. The van der Waals surface area contributed by atoms with E-state index < -0.39 is 30.2 Å². The lowest BCUT2D eigenvalue weighted by molar-refractivity contribution is -0.193. The minimum atomic E-state index is -5.08. The Morgan fingerprint density at radius 2 is 1.55 bits per heavy atom. The van der Waals surface area contributed by atoms with Crippen molar-refractivity contribution in [2.24, 2.45) is 5.73 Å². The largest absolute Gasteiger partial charge is 0.490 e. The lowest BCUT2D eigenvalue weighted by atomic mass is 10.0. The molecule has 1 aliphatic heterocycles. The molecule has 0 aliphatic carbocycles. The average molecular weight is 752 g/mol. The summed E-state index contributed by atoms with van der Waals surface area (Å²) in [6, 6.07) is 9.35. The second kappa shape index (κ2) is 18.9. The maximum absolute atomic E-state index is 12.5. The van der Waals surface area contributed by atoms with Crippen LogP contribution in [0.5, 0.6) is 11.5 Å². The quantitative estimate of drug-likeness (QED) is 0.144. The van der Waals surface area contributed by atoms with Crippen molar-refractivity contribution in [2.75, 3.05) is 30.2 Å². The summed E-state index contributed by atoms with van der Waals surface area (Å²) in [5, 5.41) is 24.6. The Hall–Kier alpha value is -4.98. The summed E-state index contributed by atoms with van der Waals surface area (Å²) in [5.74, 6) is -3.40. The predicted octanol–water partition coefficient (Wildman–Crippen LogP) is 4.98. The fourth-order valence-corrected chi connectivity index (χ4v) is 5.34. The Kier molecular flexibility index (Phi) is 15.6. The van der Waals surface area contributed by atoms with E-state index in [0.29, 0.717) is 47.8 Å². The van der Waals surface area contributed by atoms with Crippen LogP contribution in [0.2, 0.25) is 0 Å². The Morgan fingerprint density at radius 1 is 0.980 bits per heavy atom. The van der Waals surface area contributed by atoms with Gasteiger partial charge >= 0.3 is 24.3 Å². The van der Waals surface area contributed by atoms with Crippen LogP contribution >= 0.6 is 11.8 Å². The number of rotatable bonds is 11. The third kappa shape index (κ3) is 12.4. The molecule has 0 bridgehead atoms. The minimum absolute atomic E-state index is 0.00452. The molecular weight excluding hydrogens is 716 g/mol. The molecule has 1 aromatic heterocycles. The third-order valence-electron chi connectivity index (χ3n) is 6.66. The van der Waals surface area contributed by atoms with Gasteiger partial charge in [0.2, 0.25) is 5.91 Å². The summed E-state index contributed by atoms with van der Waals surface area (Å²) >= 11 is 1.71. The summed E-state index contributed by atoms with van der Waals surface area (Å²) in [6.45, 7) is 7.21. The van der Waals surface area contributed by atoms with Crippen LogP contribution in [0.3, 0.4) is 0 Å². The monoisotopic (exact) mass is 751 g/mol. The first kappa shape index (κ1) is 42.2. The summed E-state index contributed by atoms with van der Waals surface area (Å²) < 4.78 is 75.0. The molecule has 0 saturated carbocycles. The summed E-state index contributed by atoms with van der Waals surface area (Å²) in [5.41, 5.74) is 10.1. The van der Waals surface area contributed by atoms with Crippen molar-refractivity contribution in [1.82, 2.24) is 15.6 Å². The van der Waals surface area contributed by atoms with Gasteiger partial charge in [-0.05, 0) is 43.5 Å². The number of aromatic nitrogens is 1. The molecular formula is C31H35F6N5O8S. The number of carbonyl (C=O) groups is 4. The number of halogens is 6. The van der Waals surface area contributed by atoms with E-state index in [-0.39, 0.29) is 17.5 Å². The minimum Gasteiger partial charge on any atom is -0.490 e. The van der Waals surface area contributed by atoms with Gasteiger partial charge < -0.3 is 36.1 Å². The number of aliphatic carboxylic acids is 2. The van der Waals surface area contributed by atoms with Crippen molar-refractivity contribution >= 4 is 57.8 Å². The number of nitrogens with zero attached hydrogens (tertiary/aromatic N) is 1. The molecule has 3 aromatic rings. The van der Waals surface area contributed by atoms with Crippen LogP contribution in [0.15, 0.2) is 36.5 Å². The lowest BCUT2D eigenvalue weighted by Crippen LogP contribution is -2.41. The molecule has 2 heterocycles. The fourth-order valence-electron chi connectivity index (χ4n) is 4.40. The number of hydrogen-bond donors (Lipinski definition) is 6. The van der Waals surface area contributed by atoms with Gasteiger partial charge in [0.25, 0.3) is 5.91 Å². The van der Waals surface area contributed by atoms with Crippen LogP contribution in [0.25, 0.3) is 10.9 Å². The van der Waals surface area contributed by atoms with E-state index in [1.54, 1.807) is 11.8 Å². The topological polar surface area (TPSA) is 202 Å². The highest BCUT2D eigenvalue weighted by Gasteiger charge is 2.39. The SMILES string of the molecule is CCOc1cc2ncc(C(N)=O)c(Nc3cccc(CNC(=O)[C@H]4CSCN4)c3CC)c2cc1OCC.O=C(O)C(F)(F)F.O=C(O)C(F)(F)F. The first-order chi connectivity index (χ1) is 23.8. The van der Waals surface area contributed by atoms with Crippen LogP contribution < -0.4 is 31.2 Å². The number of alkyl halides is 6. The van der Waals surface area contributed by atoms with Gasteiger partial charge in [0.1, 0.15) is 0 Å². The van der Waals surface area contributed by atoms with Gasteiger partial charge in [0, 0.05) is 41.5 Å². The van der Waals surface area contributed by atoms with Gasteiger partial charge in [-0.25, -0.2) is 9.59 Å². The first-order valence-corrected chi connectivity index (χ1v) is 16.1. The highest BCUT2D eigenvalue weighted by Crippen LogP contribution is 2.38. The third-order valence-corrected chi connectivity index (χ3v) is 7.60. The number of amides is 2. The van der Waals surface area contributed by atoms with Crippen molar-refractivity contribution in [3.8, 4) is 11.5 Å². The Balaban J connectivity index is 0.000000543. The van der Waals surface area contributed by atoms with E-state index in [2.05, 4.69) is 27.9 Å². The molecule has 280 valence electrons. The molecule has 51 heavy (non-hydrogen) atoms. The molecule has 0 unspecified atom stereocenters. The maximum Gasteiger partial charge on any atom is 0.490 e. The molecule has 0 spiro atoms. The van der Waals surface area contributed by atoms with E-state index >= 15 is 0 Å². The maximum atomic E-state index is 12.5. The van der Waals surface area contributed by atoms with Gasteiger partial charge in [0.05, 0.1) is 36.0 Å². The van der Waals surface area contributed by atoms with Crippen LogP contribution in [0, 0.1) is 0 Å². The molecule has 7 N–H and O–H groups in total. The van der Waals surface area contributed by atoms with Crippen molar-refractivity contribution in [2.45, 2.75) is 52.1 Å². The number of nitrogens with two attached hydrogens (primary N) is 1. The van der Waals surface area contributed by atoms with Crippen molar-refractivity contribution < 1.29 is 65.2 Å². The smallest absolute Gasteiger partial charge is 0.490 e. The molecule has 2 aromatic carbocycles. The van der Waals surface area contributed by atoms with Gasteiger partial charge in [-0.15, -0.1) is 11.8 Å². The molecule has 1 fully saturated rings. The van der Waals surface area contributed by atoms with Gasteiger partial charge in [-0.2, -0.15) is 26.3 Å². The van der Waals surface area contributed by atoms with Crippen molar-refractivity contribution in [3.63, 3.8) is 0 Å². The zero-order chi connectivity index (χ0) is 38.5. The normalized spacial score (nSPS) is 13.9. The van der Waals surface area contributed by atoms with E-state index in [1.807, 2.05) is 44.2 Å². The molecule has 2 amide bonds. The van der Waals surface area contributed by atoms with E-state index in [1.165, 1.54) is 6.20 Å². The molecule has 4 rings (SSSR count). The number of benzene rings is 2. The second-order valence-corrected chi connectivity index (χ2v) is 11.1. The highest BCUT2D eigenvalue weighted by atomic mass is 32.2. The number of anilines is 2. The number of carboxylic acid groups (broad SMARTS) is 2. The number of hydrogen-bond acceptors (Lipinski definition) is 10. The van der Waals surface area contributed by atoms with E-state index in [9.17, 15) is 35.9 Å². The summed E-state index contributed by atoms with van der Waals surface area (Å²) in [6.07, 6.45) is -7.97. The molecule has 1 aliphatic rings. The number of carbonyl (C=O) groups excluding carboxylic acids is 2. The number of pyridine rings is 1. The Bertz CT molecular complexity index is 1680. The van der Waals surface area contributed by atoms with Gasteiger partial charge in [0.15, 0.2) is 11.5 Å². The molecule has 13 nitrogen and oxygen atoms in total. The Labute approximate surface area is 291 Å². The fraction of sp³-hybridized carbons (Fsp3) is 0.387. The van der Waals surface area contributed by atoms with Crippen molar-refractivity contribution in [1.29, 1.82) is 0 Å². The van der Waals surface area contributed by atoms with Crippen LogP contribution in [0.1, 0.15) is 42.3 Å². The van der Waals surface area contributed by atoms with Gasteiger partial charge in [-0.3, -0.25) is 19.9 Å². The molecule has 1 atom stereocenters. The number of primary amides is 1. The van der Waals surface area contributed by atoms with E-state index in [0.717, 1.165) is 34.9 Å². The number of fused-ring (bicyclic) bond motifs is 1. The standard InChI is InChI=1S/C27H33N5O4S.2C2HF3O2/c1-4-17-16(12-30-27(34)22-14-37-15-31-22)8-7-9-20(17)32-25-18-10-23(35-5-2)24(36-6-3)11-21(18)29-13-19(25)26(28)33;2*3-2(4,5)1(6)7/h7-11,13,22,31H,4-6,12,14-15H2,1-3H3,(H2,28,33)(H,29,32)(H,30,34);2*(H,6,7)/t22-;;/m1../s1. The van der Waals surface area contributed by atoms with Crippen molar-refractivity contribution in [3.05, 3.63) is 53.2 Å². The second-order valence-electron chi connectivity index (χ2n) is 10.1. The Morgan fingerprint density at radius 3 is 2.02 bits per heavy atom. The molecule has 20 heteroatoms. The van der Waals surface area contributed by atoms with Crippen LogP contribution in [-0.4, -0.2) is 82.2 Å². The summed E-state index contributed by atoms with van der Waals surface area (Å²) in [4.78, 5) is 47.2. The predicted molar refractivity (Wildman–Crippen MR) is 175 cm³/mol. The number of thioether (sulfide) groups is 1. The zero-order valence-electron chi connectivity index (χ0n) is 27.3. The lowest BCUT2D eigenvalue weighted by Gasteiger charge is -2.20.